The van der Waals surface area contributed by atoms with Gasteiger partial charge in [-0.3, -0.25) is 4.79 Å². The van der Waals surface area contributed by atoms with Crippen molar-refractivity contribution in [2.24, 2.45) is 17.8 Å². The zero-order valence-corrected chi connectivity index (χ0v) is 16.2. The molecule has 3 rings (SSSR count). The summed E-state index contributed by atoms with van der Waals surface area (Å²) < 4.78 is 0. The molecule has 2 heterocycles. The molecule has 2 saturated heterocycles. The quantitative estimate of drug-likeness (QED) is 0.777. The summed E-state index contributed by atoms with van der Waals surface area (Å²) in [4.78, 5) is 17.7. The lowest BCUT2D eigenvalue weighted by molar-refractivity contribution is -0.127. The number of nitrogens with zero attached hydrogens (tertiary/aromatic N) is 2. The number of piperidine rings is 2. The molecule has 138 valence electrons. The third kappa shape index (κ3) is 4.40. The van der Waals surface area contributed by atoms with Gasteiger partial charge in [0.2, 0.25) is 0 Å². The standard InChI is InChI=1S/C21H38N2O/c1-16(2)21(24)18-4-6-19(7-5-18)23-14-10-20(11-15-23)22-12-8-17(3)9-13-22/h16-20H,4-15H2,1-3H3. The summed E-state index contributed by atoms with van der Waals surface area (Å²) in [5, 5.41) is 0. The normalized spacial score (nSPS) is 32.3. The smallest absolute Gasteiger partial charge is 0.138 e. The van der Waals surface area contributed by atoms with E-state index < -0.39 is 0 Å². The zero-order chi connectivity index (χ0) is 17.1. The summed E-state index contributed by atoms with van der Waals surface area (Å²) in [5.74, 6) is 2.01. The van der Waals surface area contributed by atoms with Gasteiger partial charge in [0, 0.05) is 23.9 Å². The Morgan fingerprint density at radius 2 is 1.21 bits per heavy atom. The Morgan fingerprint density at radius 1 is 0.750 bits per heavy atom. The number of Topliss-reactive ketones (excluding diaryl/α,β-unsaturated/α-hetero) is 1. The van der Waals surface area contributed by atoms with E-state index in [2.05, 4.69) is 30.6 Å². The predicted octanol–water partition coefficient (Wildman–Crippen LogP) is 3.97. The predicted molar refractivity (Wildman–Crippen MR) is 100 cm³/mol. The molecular formula is C21H38N2O. The fourth-order valence-corrected chi connectivity index (χ4v) is 5.21. The van der Waals surface area contributed by atoms with Crippen LogP contribution in [0.1, 0.15) is 72.1 Å². The Labute approximate surface area is 149 Å². The van der Waals surface area contributed by atoms with Crippen LogP contribution in [-0.4, -0.2) is 53.8 Å². The number of hydrogen-bond acceptors (Lipinski definition) is 3. The van der Waals surface area contributed by atoms with Gasteiger partial charge in [0.25, 0.3) is 0 Å². The van der Waals surface area contributed by atoms with E-state index in [-0.39, 0.29) is 5.92 Å². The summed E-state index contributed by atoms with van der Waals surface area (Å²) in [6.07, 6.45) is 10.3. The van der Waals surface area contributed by atoms with Crippen LogP contribution in [0.25, 0.3) is 0 Å². The maximum atomic E-state index is 12.2. The molecule has 0 aromatic heterocycles. The van der Waals surface area contributed by atoms with E-state index in [9.17, 15) is 4.79 Å². The molecule has 0 aromatic rings. The Bertz CT molecular complexity index is 398. The highest BCUT2D eigenvalue weighted by atomic mass is 16.1. The van der Waals surface area contributed by atoms with Crippen molar-refractivity contribution in [2.75, 3.05) is 26.2 Å². The molecule has 0 aromatic carbocycles. The molecule has 3 aliphatic rings. The number of carbonyl (C=O) groups excluding carboxylic acids is 1. The molecule has 3 heteroatoms. The molecule has 0 atom stereocenters. The monoisotopic (exact) mass is 334 g/mol. The van der Waals surface area contributed by atoms with E-state index >= 15 is 0 Å². The van der Waals surface area contributed by atoms with Crippen molar-refractivity contribution >= 4 is 5.78 Å². The molecule has 1 saturated carbocycles. The SMILES string of the molecule is CC1CCN(C2CCN(C3CCC(C(=O)C(C)C)CC3)CC2)CC1. The molecule has 3 fully saturated rings. The van der Waals surface area contributed by atoms with Crippen LogP contribution in [0.15, 0.2) is 0 Å². The molecule has 0 N–H and O–H groups in total. The first kappa shape index (κ1) is 18.4. The number of carbonyl (C=O) groups is 1. The van der Waals surface area contributed by atoms with Crippen LogP contribution in [0.5, 0.6) is 0 Å². The topological polar surface area (TPSA) is 23.6 Å². The van der Waals surface area contributed by atoms with Crippen LogP contribution >= 0.6 is 0 Å². The molecule has 1 aliphatic carbocycles. The minimum Gasteiger partial charge on any atom is -0.300 e. The van der Waals surface area contributed by atoms with E-state index in [0.29, 0.717) is 11.7 Å². The molecule has 2 aliphatic heterocycles. The minimum atomic E-state index is 0.217. The van der Waals surface area contributed by atoms with E-state index in [4.69, 9.17) is 0 Å². The van der Waals surface area contributed by atoms with Gasteiger partial charge >= 0.3 is 0 Å². The van der Waals surface area contributed by atoms with Gasteiger partial charge in [0.05, 0.1) is 0 Å². The lowest BCUT2D eigenvalue weighted by Gasteiger charge is -2.44. The first-order valence-electron chi connectivity index (χ1n) is 10.6. The van der Waals surface area contributed by atoms with E-state index in [1.807, 2.05) is 0 Å². The van der Waals surface area contributed by atoms with Gasteiger partial charge in [-0.25, -0.2) is 0 Å². The van der Waals surface area contributed by atoms with Gasteiger partial charge in [-0.1, -0.05) is 20.8 Å². The maximum Gasteiger partial charge on any atom is 0.138 e. The molecule has 0 bridgehead atoms. The van der Waals surface area contributed by atoms with E-state index in [0.717, 1.165) is 30.8 Å². The van der Waals surface area contributed by atoms with Crippen LogP contribution in [0, 0.1) is 17.8 Å². The zero-order valence-electron chi connectivity index (χ0n) is 16.2. The van der Waals surface area contributed by atoms with Crippen molar-refractivity contribution in [1.29, 1.82) is 0 Å². The van der Waals surface area contributed by atoms with Gasteiger partial charge in [0.1, 0.15) is 5.78 Å². The average molecular weight is 335 g/mol. The summed E-state index contributed by atoms with van der Waals surface area (Å²) in [5.41, 5.74) is 0. The number of likely N-dealkylation sites (tertiary alicyclic amines) is 2. The minimum absolute atomic E-state index is 0.217. The van der Waals surface area contributed by atoms with Crippen molar-refractivity contribution in [3.8, 4) is 0 Å². The van der Waals surface area contributed by atoms with Gasteiger partial charge in [-0.2, -0.15) is 0 Å². The Balaban J connectivity index is 1.40. The average Bonchev–Trinajstić information content (AvgIpc) is 2.62. The summed E-state index contributed by atoms with van der Waals surface area (Å²) in [6.45, 7) is 11.7. The fourth-order valence-electron chi connectivity index (χ4n) is 5.21. The van der Waals surface area contributed by atoms with Crippen molar-refractivity contribution < 1.29 is 4.79 Å². The Kier molecular flexibility index (Phi) is 6.37. The van der Waals surface area contributed by atoms with Crippen LogP contribution < -0.4 is 0 Å². The molecule has 0 amide bonds. The third-order valence-electron chi connectivity index (χ3n) is 7.02. The third-order valence-corrected chi connectivity index (χ3v) is 7.02. The Morgan fingerprint density at radius 3 is 1.71 bits per heavy atom. The van der Waals surface area contributed by atoms with Crippen LogP contribution in [0.4, 0.5) is 0 Å². The van der Waals surface area contributed by atoms with Crippen molar-refractivity contribution in [1.82, 2.24) is 9.80 Å². The van der Waals surface area contributed by atoms with Crippen molar-refractivity contribution in [2.45, 2.75) is 84.2 Å². The van der Waals surface area contributed by atoms with Crippen molar-refractivity contribution in [3.63, 3.8) is 0 Å². The summed E-state index contributed by atoms with van der Waals surface area (Å²) in [7, 11) is 0. The second-order valence-electron chi connectivity index (χ2n) is 9.05. The highest BCUT2D eigenvalue weighted by Gasteiger charge is 2.33. The van der Waals surface area contributed by atoms with Gasteiger partial charge < -0.3 is 9.80 Å². The fraction of sp³-hybridized carbons (Fsp3) is 0.952. The largest absolute Gasteiger partial charge is 0.300 e. The first-order valence-corrected chi connectivity index (χ1v) is 10.6. The second-order valence-corrected chi connectivity index (χ2v) is 9.05. The lowest BCUT2D eigenvalue weighted by atomic mass is 9.79. The first-order chi connectivity index (χ1) is 11.5. The van der Waals surface area contributed by atoms with E-state index in [1.54, 1.807) is 0 Å². The van der Waals surface area contributed by atoms with E-state index in [1.165, 1.54) is 64.7 Å². The van der Waals surface area contributed by atoms with Crippen molar-refractivity contribution in [3.05, 3.63) is 0 Å². The molecular weight excluding hydrogens is 296 g/mol. The number of rotatable bonds is 4. The van der Waals surface area contributed by atoms with Gasteiger partial charge in [-0.05, 0) is 83.5 Å². The number of ketones is 1. The Hall–Kier alpha value is -0.410. The van der Waals surface area contributed by atoms with Gasteiger partial charge in [0.15, 0.2) is 0 Å². The molecule has 0 radical (unpaired) electrons. The maximum absolute atomic E-state index is 12.2. The number of hydrogen-bond donors (Lipinski definition) is 0. The highest BCUT2D eigenvalue weighted by Crippen LogP contribution is 2.32. The summed E-state index contributed by atoms with van der Waals surface area (Å²) >= 11 is 0. The molecule has 0 unspecified atom stereocenters. The lowest BCUT2D eigenvalue weighted by Crippen LogP contribution is -2.50. The van der Waals surface area contributed by atoms with Gasteiger partial charge in [-0.15, -0.1) is 0 Å². The molecule has 3 nitrogen and oxygen atoms in total. The van der Waals surface area contributed by atoms with Crippen LogP contribution in [-0.2, 0) is 4.79 Å². The summed E-state index contributed by atoms with van der Waals surface area (Å²) in [6, 6.07) is 1.59. The highest BCUT2D eigenvalue weighted by molar-refractivity contribution is 5.82. The molecule has 24 heavy (non-hydrogen) atoms. The van der Waals surface area contributed by atoms with Crippen LogP contribution in [0.2, 0.25) is 0 Å². The molecule has 0 spiro atoms. The second kappa shape index (κ2) is 8.31. The van der Waals surface area contributed by atoms with Crippen LogP contribution in [0.3, 0.4) is 0 Å².